The van der Waals surface area contributed by atoms with Gasteiger partial charge in [-0.1, -0.05) is 13.0 Å². The van der Waals surface area contributed by atoms with Gasteiger partial charge in [-0.3, -0.25) is 0 Å². The van der Waals surface area contributed by atoms with E-state index in [9.17, 15) is 0 Å². The first-order valence-corrected chi connectivity index (χ1v) is 4.02. The highest BCUT2D eigenvalue weighted by molar-refractivity contribution is 5.38. The predicted molar refractivity (Wildman–Crippen MR) is 45.4 cm³/mol. The van der Waals surface area contributed by atoms with E-state index in [1.54, 1.807) is 0 Å². The van der Waals surface area contributed by atoms with Crippen LogP contribution in [0.4, 0.5) is 5.82 Å². The van der Waals surface area contributed by atoms with Crippen LogP contribution < -0.4 is 5.73 Å². The van der Waals surface area contributed by atoms with Crippen molar-refractivity contribution in [1.82, 2.24) is 4.98 Å². The average molecular weight is 148 g/mol. The molecule has 11 heavy (non-hydrogen) atoms. The molecule has 1 aromatic rings. The highest BCUT2D eigenvalue weighted by atomic mass is 14.8. The molecule has 0 fully saturated rings. The fourth-order valence-electron chi connectivity index (χ4n) is 1.69. The second kappa shape index (κ2) is 2.22. The van der Waals surface area contributed by atoms with Gasteiger partial charge < -0.3 is 5.73 Å². The van der Waals surface area contributed by atoms with Gasteiger partial charge >= 0.3 is 0 Å². The monoisotopic (exact) mass is 148 g/mol. The molecule has 2 N–H and O–H groups in total. The molecule has 0 unspecified atom stereocenters. The number of fused-ring (bicyclic) bond motifs is 1. The molecule has 0 saturated heterocycles. The molecule has 1 aromatic heterocycles. The molecule has 1 aliphatic carbocycles. The fourth-order valence-corrected chi connectivity index (χ4v) is 1.69. The van der Waals surface area contributed by atoms with E-state index in [0.717, 1.165) is 6.42 Å². The average Bonchev–Trinajstić information content (AvgIpc) is 2.32. The number of anilines is 1. The minimum absolute atomic E-state index is 0.651. The summed E-state index contributed by atoms with van der Waals surface area (Å²) >= 11 is 0. The topological polar surface area (TPSA) is 38.9 Å². The van der Waals surface area contributed by atoms with E-state index in [1.807, 2.05) is 6.07 Å². The summed E-state index contributed by atoms with van der Waals surface area (Å²) in [4.78, 5) is 4.28. The maximum atomic E-state index is 5.57. The highest BCUT2D eigenvalue weighted by Gasteiger charge is 2.18. The van der Waals surface area contributed by atoms with Crippen LogP contribution in [-0.2, 0) is 6.42 Å². The summed E-state index contributed by atoms with van der Waals surface area (Å²) in [5.41, 5.74) is 8.16. The van der Waals surface area contributed by atoms with Gasteiger partial charge in [0.1, 0.15) is 5.82 Å². The van der Waals surface area contributed by atoms with Crippen LogP contribution in [-0.4, -0.2) is 4.98 Å². The van der Waals surface area contributed by atoms with Crippen molar-refractivity contribution in [2.45, 2.75) is 25.7 Å². The molecule has 2 nitrogen and oxygen atoms in total. The molecule has 0 radical (unpaired) electrons. The molecule has 2 rings (SSSR count). The fraction of sp³-hybridized carbons (Fsp3) is 0.444. The van der Waals surface area contributed by atoms with Gasteiger partial charge in [0, 0.05) is 5.69 Å². The first-order chi connectivity index (χ1) is 5.27. The van der Waals surface area contributed by atoms with E-state index >= 15 is 0 Å². The number of rotatable bonds is 0. The zero-order valence-corrected chi connectivity index (χ0v) is 6.67. The third-order valence-corrected chi connectivity index (χ3v) is 2.38. The number of aromatic nitrogens is 1. The number of hydrogen-bond donors (Lipinski definition) is 1. The van der Waals surface area contributed by atoms with E-state index in [0.29, 0.717) is 11.7 Å². The molecule has 0 aromatic carbocycles. The summed E-state index contributed by atoms with van der Waals surface area (Å²) in [5, 5.41) is 0. The maximum Gasteiger partial charge on any atom is 0.123 e. The summed E-state index contributed by atoms with van der Waals surface area (Å²) in [6, 6.07) is 4.00. The van der Waals surface area contributed by atoms with Gasteiger partial charge in [0.25, 0.3) is 0 Å². The largest absolute Gasteiger partial charge is 0.384 e. The second-order valence-electron chi connectivity index (χ2n) is 3.21. The Morgan fingerprint density at radius 3 is 3.18 bits per heavy atom. The number of nitrogens with zero attached hydrogens (tertiary/aromatic N) is 1. The molecule has 0 spiro atoms. The van der Waals surface area contributed by atoms with E-state index in [4.69, 9.17) is 5.73 Å². The van der Waals surface area contributed by atoms with Crippen molar-refractivity contribution >= 4 is 5.82 Å². The van der Waals surface area contributed by atoms with E-state index in [1.165, 1.54) is 17.7 Å². The SMILES string of the molecule is C[C@@H]1CCc2nc(N)ccc21. The van der Waals surface area contributed by atoms with Crippen LogP contribution in [0.2, 0.25) is 0 Å². The molecule has 1 aliphatic rings. The normalized spacial score (nSPS) is 21.7. The van der Waals surface area contributed by atoms with Crippen LogP contribution in [0.3, 0.4) is 0 Å². The van der Waals surface area contributed by atoms with Crippen LogP contribution in [0.5, 0.6) is 0 Å². The zero-order valence-electron chi connectivity index (χ0n) is 6.67. The van der Waals surface area contributed by atoms with Gasteiger partial charge in [-0.25, -0.2) is 4.98 Å². The van der Waals surface area contributed by atoms with Gasteiger partial charge in [-0.15, -0.1) is 0 Å². The van der Waals surface area contributed by atoms with Crippen LogP contribution in [0, 0.1) is 0 Å². The third-order valence-electron chi connectivity index (χ3n) is 2.38. The second-order valence-corrected chi connectivity index (χ2v) is 3.21. The lowest BCUT2D eigenvalue weighted by Crippen LogP contribution is -1.94. The number of hydrogen-bond acceptors (Lipinski definition) is 2. The molecule has 1 heterocycles. The highest BCUT2D eigenvalue weighted by Crippen LogP contribution is 2.31. The zero-order chi connectivity index (χ0) is 7.84. The lowest BCUT2D eigenvalue weighted by molar-refractivity contribution is 0.746. The van der Waals surface area contributed by atoms with E-state index < -0.39 is 0 Å². The molecular weight excluding hydrogens is 136 g/mol. The van der Waals surface area contributed by atoms with Gasteiger partial charge in [0.2, 0.25) is 0 Å². The lowest BCUT2D eigenvalue weighted by Gasteiger charge is -2.02. The summed E-state index contributed by atoms with van der Waals surface area (Å²) in [6.07, 6.45) is 2.33. The van der Waals surface area contributed by atoms with Crippen molar-refractivity contribution < 1.29 is 0 Å². The van der Waals surface area contributed by atoms with Gasteiger partial charge in [0.15, 0.2) is 0 Å². The van der Waals surface area contributed by atoms with Crippen LogP contribution in [0.25, 0.3) is 0 Å². The van der Waals surface area contributed by atoms with E-state index in [2.05, 4.69) is 18.0 Å². The molecule has 0 amide bonds. The predicted octanol–water partition coefficient (Wildman–Crippen LogP) is 1.71. The van der Waals surface area contributed by atoms with Gasteiger partial charge in [0.05, 0.1) is 0 Å². The standard InChI is InChI=1S/C9H12N2/c1-6-2-4-8-7(6)3-5-9(10)11-8/h3,5-6H,2,4H2,1H3,(H2,10,11)/t6-/m1/s1. The van der Waals surface area contributed by atoms with Crippen molar-refractivity contribution in [2.24, 2.45) is 0 Å². The van der Waals surface area contributed by atoms with Crippen molar-refractivity contribution in [3.8, 4) is 0 Å². The quantitative estimate of drug-likeness (QED) is 0.608. The van der Waals surface area contributed by atoms with Crippen molar-refractivity contribution in [2.75, 3.05) is 5.73 Å². The summed E-state index contributed by atoms with van der Waals surface area (Å²) in [5.74, 6) is 1.33. The molecule has 0 aliphatic heterocycles. The van der Waals surface area contributed by atoms with Crippen LogP contribution in [0.15, 0.2) is 12.1 Å². The number of aryl methyl sites for hydroxylation is 1. The summed E-state index contributed by atoms with van der Waals surface area (Å²) in [7, 11) is 0. The Morgan fingerprint density at radius 1 is 1.55 bits per heavy atom. The minimum atomic E-state index is 0.651. The summed E-state index contributed by atoms with van der Waals surface area (Å²) < 4.78 is 0. The molecular formula is C9H12N2. The van der Waals surface area contributed by atoms with Crippen LogP contribution >= 0.6 is 0 Å². The molecule has 0 saturated carbocycles. The van der Waals surface area contributed by atoms with Crippen molar-refractivity contribution in [1.29, 1.82) is 0 Å². The Bertz CT molecular complexity index is 281. The first-order valence-electron chi connectivity index (χ1n) is 4.02. The Balaban J connectivity index is 2.50. The Kier molecular flexibility index (Phi) is 1.34. The Morgan fingerprint density at radius 2 is 2.36 bits per heavy atom. The van der Waals surface area contributed by atoms with Gasteiger partial charge in [-0.05, 0) is 30.4 Å². The lowest BCUT2D eigenvalue weighted by atomic mass is 10.1. The van der Waals surface area contributed by atoms with Gasteiger partial charge in [-0.2, -0.15) is 0 Å². The molecule has 2 heteroatoms. The maximum absolute atomic E-state index is 5.57. The molecule has 1 atom stereocenters. The Labute approximate surface area is 66.4 Å². The number of nitrogen functional groups attached to an aromatic ring is 1. The Hall–Kier alpha value is -1.05. The third kappa shape index (κ3) is 0.985. The smallest absolute Gasteiger partial charge is 0.123 e. The molecule has 0 bridgehead atoms. The number of nitrogens with two attached hydrogens (primary N) is 1. The van der Waals surface area contributed by atoms with E-state index in [-0.39, 0.29) is 0 Å². The first kappa shape index (κ1) is 6.65. The minimum Gasteiger partial charge on any atom is -0.384 e. The van der Waals surface area contributed by atoms with Crippen LogP contribution in [0.1, 0.15) is 30.5 Å². The van der Waals surface area contributed by atoms with Crippen molar-refractivity contribution in [3.63, 3.8) is 0 Å². The number of pyridine rings is 1. The molecule has 58 valence electrons. The van der Waals surface area contributed by atoms with Crippen molar-refractivity contribution in [3.05, 3.63) is 23.4 Å². The summed E-state index contributed by atoms with van der Waals surface area (Å²) in [6.45, 7) is 2.24.